The minimum Gasteiger partial charge on any atom is -0.483 e. The Bertz CT molecular complexity index is 2410. The van der Waals surface area contributed by atoms with Gasteiger partial charge in [-0.3, -0.25) is 19.2 Å². The van der Waals surface area contributed by atoms with E-state index in [4.69, 9.17) is 19.7 Å². The molecule has 312 valence electrons. The van der Waals surface area contributed by atoms with Gasteiger partial charge in [0.1, 0.15) is 29.4 Å². The quantitative estimate of drug-likeness (QED) is 0.151. The summed E-state index contributed by atoms with van der Waals surface area (Å²) in [5.41, 5.74) is 4.72. The predicted molar refractivity (Wildman–Crippen MR) is 226 cm³/mol. The number of aromatic nitrogens is 1. The third-order valence-corrected chi connectivity index (χ3v) is 17.5. The molecule has 1 aromatic heterocycles. The fourth-order valence-corrected chi connectivity index (χ4v) is 14.1. The molecular formula is C47H50F2N4O6Si. The van der Waals surface area contributed by atoms with E-state index in [2.05, 4.69) is 45.0 Å². The van der Waals surface area contributed by atoms with E-state index in [0.717, 1.165) is 22.0 Å². The van der Waals surface area contributed by atoms with Crippen LogP contribution in [-0.4, -0.2) is 65.5 Å². The van der Waals surface area contributed by atoms with Gasteiger partial charge in [-0.05, 0) is 46.8 Å². The second kappa shape index (κ2) is 16.2. The Kier molecular flexibility index (Phi) is 11.1. The molecule has 4 aromatic carbocycles. The Morgan fingerprint density at radius 1 is 0.933 bits per heavy atom. The van der Waals surface area contributed by atoms with Crippen LogP contribution in [0.2, 0.25) is 5.04 Å². The van der Waals surface area contributed by atoms with Crippen molar-refractivity contribution in [3.8, 4) is 5.75 Å². The van der Waals surface area contributed by atoms with E-state index in [1.165, 1.54) is 18.3 Å². The first-order valence-corrected chi connectivity index (χ1v) is 22.3. The van der Waals surface area contributed by atoms with E-state index in [1.54, 1.807) is 14.5 Å². The van der Waals surface area contributed by atoms with E-state index >= 15 is 4.39 Å². The van der Waals surface area contributed by atoms with Crippen LogP contribution in [0.5, 0.6) is 5.75 Å². The monoisotopic (exact) mass is 832 g/mol. The molecule has 13 heteroatoms. The molecule has 0 radical (unpaired) electrons. The summed E-state index contributed by atoms with van der Waals surface area (Å²) in [6.07, 6.45) is 2.76. The number of fused-ring (bicyclic) bond motifs is 5. The summed E-state index contributed by atoms with van der Waals surface area (Å²) in [7, 11) is -3.07. The van der Waals surface area contributed by atoms with Crippen LogP contribution in [0.15, 0.2) is 120 Å². The minimum absolute atomic E-state index is 0.0112. The maximum Gasteiger partial charge on any atom is 0.274 e. The number of hydrogen-bond donors (Lipinski definition) is 1. The smallest absolute Gasteiger partial charge is 0.274 e. The molecule has 3 aliphatic heterocycles. The van der Waals surface area contributed by atoms with Crippen LogP contribution in [0.3, 0.4) is 0 Å². The van der Waals surface area contributed by atoms with Crippen LogP contribution < -0.4 is 26.3 Å². The molecule has 1 spiro atoms. The van der Waals surface area contributed by atoms with Gasteiger partial charge in [0.25, 0.3) is 20.1 Å². The predicted octanol–water partition coefficient (Wildman–Crippen LogP) is 6.51. The number of benzene rings is 4. The highest BCUT2D eigenvalue weighted by atomic mass is 28.4. The van der Waals surface area contributed by atoms with Gasteiger partial charge in [0, 0.05) is 36.8 Å². The minimum atomic E-state index is -3.07. The van der Waals surface area contributed by atoms with Gasteiger partial charge in [-0.25, -0.2) is 8.78 Å². The van der Waals surface area contributed by atoms with E-state index < -0.39 is 54.9 Å². The lowest BCUT2D eigenvalue weighted by atomic mass is 9.83. The summed E-state index contributed by atoms with van der Waals surface area (Å²) in [4.78, 5) is 50.3. The number of carbonyl (C=O) groups excluding carboxylic acids is 2. The van der Waals surface area contributed by atoms with Gasteiger partial charge in [0.05, 0.1) is 25.2 Å². The Morgan fingerprint density at radius 3 is 2.17 bits per heavy atom. The zero-order chi connectivity index (χ0) is 42.4. The molecule has 2 N–H and O–H groups in total. The molecular weight excluding hydrogens is 783 g/mol. The Balaban J connectivity index is 1.25. The molecule has 60 heavy (non-hydrogen) atoms. The number of hydroxylamine groups is 2. The number of rotatable bonds is 11. The summed E-state index contributed by atoms with van der Waals surface area (Å²) in [5, 5.41) is 3.60. The van der Waals surface area contributed by atoms with Crippen molar-refractivity contribution in [3.05, 3.63) is 160 Å². The van der Waals surface area contributed by atoms with Crippen molar-refractivity contribution in [2.24, 2.45) is 5.73 Å². The van der Waals surface area contributed by atoms with E-state index in [0.29, 0.717) is 19.3 Å². The lowest BCUT2D eigenvalue weighted by molar-refractivity contribution is -0.229. The van der Waals surface area contributed by atoms with Gasteiger partial charge in [0.15, 0.2) is 11.4 Å². The van der Waals surface area contributed by atoms with Gasteiger partial charge < -0.3 is 24.4 Å². The topological polar surface area (TPSA) is 116 Å². The van der Waals surface area contributed by atoms with Crippen LogP contribution >= 0.6 is 0 Å². The number of hydrogen-bond acceptors (Lipinski definition) is 7. The number of amides is 2. The lowest BCUT2D eigenvalue weighted by Gasteiger charge is -2.44. The van der Waals surface area contributed by atoms with E-state index in [1.807, 2.05) is 73.7 Å². The maximum atomic E-state index is 15.5. The van der Waals surface area contributed by atoms with Gasteiger partial charge in [-0.1, -0.05) is 118 Å². The highest BCUT2D eigenvalue weighted by Gasteiger charge is 2.58. The second-order valence-electron chi connectivity index (χ2n) is 17.3. The van der Waals surface area contributed by atoms with Gasteiger partial charge in [0.2, 0.25) is 5.43 Å². The van der Waals surface area contributed by atoms with Crippen molar-refractivity contribution < 1.29 is 32.4 Å². The van der Waals surface area contributed by atoms with Crippen molar-refractivity contribution in [1.82, 2.24) is 14.5 Å². The molecule has 2 saturated heterocycles. The largest absolute Gasteiger partial charge is 0.483 e. The number of carbonyl (C=O) groups is 2. The zero-order valence-electron chi connectivity index (χ0n) is 34.3. The number of nitrogens with zero attached hydrogens (tertiary/aromatic N) is 3. The molecule has 4 heterocycles. The molecule has 10 nitrogen and oxygen atoms in total. The van der Waals surface area contributed by atoms with Crippen molar-refractivity contribution in [1.29, 1.82) is 0 Å². The standard InChI is InChI=1S/C47H50F2N4O6Si/c1-31-22-23-47(40-28-51(31)45(56)41-43(57-29-32-14-8-5-9-15-32)42(54)38(44(50)55)27-52(40)41)25-35(53(59-47)26-33-20-21-34(48)24-39(33)49)30-58-60(46(2,3)4,36-16-10-6-11-17-36)37-18-12-7-13-19-37/h5-21,24,27,31,35,40H,22-23,25-26,28-30H2,1-4H3,(H2,50,55)/t31-,35?,40+,47-/m0/s1. The van der Waals surface area contributed by atoms with Crippen LogP contribution in [-0.2, 0) is 22.4 Å². The number of pyridine rings is 1. The molecule has 2 amide bonds. The molecule has 1 unspecified atom stereocenters. The number of primary amides is 1. The third kappa shape index (κ3) is 7.37. The SMILES string of the molecule is C[C@H]1CC[C@]2(CC(CO[Si](c3ccccc3)(c3ccccc3)C(C)(C)C)N(Cc3ccc(F)cc3F)O2)[C@H]2CN1C(=O)c1c(OCc3ccccc3)c(=O)c(C(N)=O)cn12. The number of nitrogens with two attached hydrogens (primary N) is 1. The Morgan fingerprint density at radius 2 is 1.57 bits per heavy atom. The highest BCUT2D eigenvalue weighted by Crippen LogP contribution is 2.50. The van der Waals surface area contributed by atoms with Crippen LogP contribution in [0, 0.1) is 11.6 Å². The molecule has 5 aromatic rings. The average molecular weight is 833 g/mol. The van der Waals surface area contributed by atoms with Crippen molar-refractivity contribution in [2.75, 3.05) is 13.2 Å². The van der Waals surface area contributed by atoms with Gasteiger partial charge in [-0.2, -0.15) is 5.06 Å². The summed E-state index contributed by atoms with van der Waals surface area (Å²) in [5.74, 6) is -3.00. The van der Waals surface area contributed by atoms with Crippen molar-refractivity contribution in [2.45, 2.75) is 88.9 Å². The second-order valence-corrected chi connectivity index (χ2v) is 21.6. The van der Waals surface area contributed by atoms with Gasteiger partial charge >= 0.3 is 0 Å². The first-order chi connectivity index (χ1) is 28.7. The molecule has 8 rings (SSSR count). The molecule has 3 aliphatic rings. The third-order valence-electron chi connectivity index (χ3n) is 12.5. The van der Waals surface area contributed by atoms with Crippen molar-refractivity contribution in [3.63, 3.8) is 0 Å². The molecule has 0 aliphatic carbocycles. The van der Waals surface area contributed by atoms with Crippen LogP contribution in [0.25, 0.3) is 0 Å². The summed E-state index contributed by atoms with van der Waals surface area (Å²) < 4.78 is 45.0. The summed E-state index contributed by atoms with van der Waals surface area (Å²) in [6.45, 7) is 8.90. The normalized spacial score (nSPS) is 21.8. The first kappa shape index (κ1) is 41.3. The Hall–Kier alpha value is -5.47. The van der Waals surface area contributed by atoms with Crippen molar-refractivity contribution >= 4 is 30.5 Å². The summed E-state index contributed by atoms with van der Waals surface area (Å²) >= 11 is 0. The van der Waals surface area contributed by atoms with E-state index in [9.17, 15) is 18.8 Å². The molecule has 2 fully saturated rings. The number of ether oxygens (including phenoxy) is 1. The average Bonchev–Trinajstić information content (AvgIpc) is 3.53. The fraction of sp³-hybridized carbons (Fsp3) is 0.340. The highest BCUT2D eigenvalue weighted by molar-refractivity contribution is 6.99. The first-order valence-electron chi connectivity index (χ1n) is 20.4. The Labute approximate surface area is 349 Å². The lowest BCUT2D eigenvalue weighted by Crippen LogP contribution is -2.67. The molecule has 0 saturated carbocycles. The van der Waals surface area contributed by atoms with Gasteiger partial charge in [-0.15, -0.1) is 0 Å². The maximum absolute atomic E-state index is 15.5. The van der Waals surface area contributed by atoms with Crippen LogP contribution in [0.4, 0.5) is 8.78 Å². The number of halogens is 2. The zero-order valence-corrected chi connectivity index (χ0v) is 35.3. The van der Waals surface area contributed by atoms with E-state index in [-0.39, 0.29) is 60.0 Å². The fourth-order valence-electron chi connectivity index (χ4n) is 9.47. The summed E-state index contributed by atoms with van der Waals surface area (Å²) in [6, 6.07) is 31.9. The van der Waals surface area contributed by atoms with Crippen LogP contribution in [0.1, 0.15) is 85.0 Å². The molecule has 4 atom stereocenters. The molecule has 2 bridgehead atoms.